The largest absolute Gasteiger partial charge is 0.322 e. The molecular weight excluding hydrogens is 162 g/mol. The van der Waals surface area contributed by atoms with Gasteiger partial charge in [-0.15, -0.1) is 0 Å². The Morgan fingerprint density at radius 1 is 1.38 bits per heavy atom. The first-order valence-corrected chi connectivity index (χ1v) is 4.29. The number of pyridine rings is 1. The molecule has 3 heteroatoms. The molecule has 2 N–H and O–H groups in total. The van der Waals surface area contributed by atoms with Crippen molar-refractivity contribution in [3.05, 3.63) is 36.3 Å². The zero-order valence-corrected chi connectivity index (χ0v) is 7.86. The van der Waals surface area contributed by atoms with Gasteiger partial charge in [-0.05, 0) is 25.5 Å². The summed E-state index contributed by atoms with van der Waals surface area (Å²) in [5, 5.41) is 0. The highest BCUT2D eigenvalue weighted by Crippen LogP contribution is 2.16. The quantitative estimate of drug-likeness (QED) is 0.714. The predicted octanol–water partition coefficient (Wildman–Crippen LogP) is 1.53. The molecule has 0 amide bonds. The van der Waals surface area contributed by atoms with Crippen molar-refractivity contribution in [3.63, 3.8) is 0 Å². The summed E-state index contributed by atoms with van der Waals surface area (Å²) >= 11 is 0. The first-order valence-electron chi connectivity index (χ1n) is 4.29. The normalized spacial score (nSPS) is 12.2. The van der Waals surface area contributed by atoms with Crippen molar-refractivity contribution in [2.24, 2.45) is 5.73 Å². The number of imidazole rings is 1. The van der Waals surface area contributed by atoms with E-state index >= 15 is 0 Å². The molecule has 13 heavy (non-hydrogen) atoms. The summed E-state index contributed by atoms with van der Waals surface area (Å²) in [7, 11) is 0. The van der Waals surface area contributed by atoms with Crippen LogP contribution in [-0.2, 0) is 5.54 Å². The Hall–Kier alpha value is -1.35. The number of aromatic nitrogens is 2. The Labute approximate surface area is 77.2 Å². The van der Waals surface area contributed by atoms with Crippen molar-refractivity contribution in [1.82, 2.24) is 9.38 Å². The Bertz CT molecular complexity index is 423. The fraction of sp³-hybridized carbons (Fsp3) is 0.300. The summed E-state index contributed by atoms with van der Waals surface area (Å²) in [6, 6.07) is 3.99. The maximum Gasteiger partial charge on any atom is 0.136 e. The third kappa shape index (κ3) is 1.42. The SMILES string of the molecule is CC(C)(N)c1ccc2nccn2c1. The van der Waals surface area contributed by atoms with E-state index < -0.39 is 0 Å². The van der Waals surface area contributed by atoms with Crippen LogP contribution in [0.3, 0.4) is 0 Å². The molecule has 68 valence electrons. The monoisotopic (exact) mass is 175 g/mol. The molecule has 0 aliphatic carbocycles. The average molecular weight is 175 g/mol. The Morgan fingerprint density at radius 3 is 2.85 bits per heavy atom. The molecule has 0 aromatic carbocycles. The lowest BCUT2D eigenvalue weighted by molar-refractivity contribution is 0.551. The van der Waals surface area contributed by atoms with Crippen LogP contribution in [0, 0.1) is 0 Å². The summed E-state index contributed by atoms with van der Waals surface area (Å²) in [4.78, 5) is 4.16. The first-order chi connectivity index (χ1) is 6.07. The summed E-state index contributed by atoms with van der Waals surface area (Å²) in [6.45, 7) is 3.98. The number of nitrogens with zero attached hydrogens (tertiary/aromatic N) is 2. The zero-order valence-electron chi connectivity index (χ0n) is 7.86. The molecule has 0 spiro atoms. The van der Waals surface area contributed by atoms with Crippen molar-refractivity contribution < 1.29 is 0 Å². The second-order valence-electron chi connectivity index (χ2n) is 3.83. The van der Waals surface area contributed by atoms with Crippen LogP contribution in [0.25, 0.3) is 5.65 Å². The maximum absolute atomic E-state index is 5.98. The lowest BCUT2D eigenvalue weighted by Gasteiger charge is -2.18. The molecule has 0 aliphatic heterocycles. The molecule has 0 unspecified atom stereocenters. The molecule has 2 heterocycles. The Morgan fingerprint density at radius 2 is 2.15 bits per heavy atom. The predicted molar refractivity (Wildman–Crippen MR) is 52.4 cm³/mol. The highest BCUT2D eigenvalue weighted by Gasteiger charge is 2.14. The van der Waals surface area contributed by atoms with Gasteiger partial charge < -0.3 is 10.1 Å². The average Bonchev–Trinajstić information content (AvgIpc) is 2.47. The molecule has 2 rings (SSSR count). The summed E-state index contributed by atoms with van der Waals surface area (Å²) < 4.78 is 1.98. The van der Waals surface area contributed by atoms with E-state index in [1.165, 1.54) is 0 Å². The fourth-order valence-corrected chi connectivity index (χ4v) is 1.30. The van der Waals surface area contributed by atoms with E-state index in [4.69, 9.17) is 5.73 Å². The van der Waals surface area contributed by atoms with Gasteiger partial charge in [0.1, 0.15) is 5.65 Å². The van der Waals surface area contributed by atoms with E-state index in [9.17, 15) is 0 Å². The van der Waals surface area contributed by atoms with E-state index in [0.29, 0.717) is 0 Å². The molecular formula is C10H13N3. The topological polar surface area (TPSA) is 43.3 Å². The van der Waals surface area contributed by atoms with Gasteiger partial charge in [0, 0.05) is 24.1 Å². The highest BCUT2D eigenvalue weighted by atomic mass is 15.0. The third-order valence-electron chi connectivity index (χ3n) is 2.13. The second kappa shape index (κ2) is 2.57. The van der Waals surface area contributed by atoms with Crippen molar-refractivity contribution in [2.45, 2.75) is 19.4 Å². The van der Waals surface area contributed by atoms with Gasteiger partial charge in [-0.1, -0.05) is 6.07 Å². The van der Waals surface area contributed by atoms with Gasteiger partial charge in [0.2, 0.25) is 0 Å². The van der Waals surface area contributed by atoms with Gasteiger partial charge >= 0.3 is 0 Å². The minimum atomic E-state index is -0.293. The zero-order chi connectivity index (χ0) is 9.47. The van der Waals surface area contributed by atoms with Crippen LogP contribution in [0.1, 0.15) is 19.4 Å². The molecule has 0 radical (unpaired) electrons. The molecule has 3 nitrogen and oxygen atoms in total. The number of rotatable bonds is 1. The Kier molecular flexibility index (Phi) is 1.63. The summed E-state index contributed by atoms with van der Waals surface area (Å²) in [5.41, 5.74) is 7.75. The lowest BCUT2D eigenvalue weighted by Crippen LogP contribution is -2.28. The van der Waals surface area contributed by atoms with Gasteiger partial charge in [0.25, 0.3) is 0 Å². The first kappa shape index (κ1) is 8.26. The standard InChI is InChI=1S/C10H13N3/c1-10(2,11)8-3-4-9-12-5-6-13(9)7-8/h3-7H,11H2,1-2H3. The van der Waals surface area contributed by atoms with Crippen molar-refractivity contribution in [2.75, 3.05) is 0 Å². The molecule has 0 fully saturated rings. The van der Waals surface area contributed by atoms with Crippen LogP contribution in [0.4, 0.5) is 0 Å². The van der Waals surface area contributed by atoms with Gasteiger partial charge in [-0.3, -0.25) is 0 Å². The maximum atomic E-state index is 5.98. The summed E-state index contributed by atoms with van der Waals surface area (Å²) in [5.74, 6) is 0. The van der Waals surface area contributed by atoms with Crippen LogP contribution in [-0.4, -0.2) is 9.38 Å². The van der Waals surface area contributed by atoms with E-state index in [-0.39, 0.29) is 5.54 Å². The highest BCUT2D eigenvalue weighted by molar-refractivity contribution is 5.40. The number of hydrogen-bond acceptors (Lipinski definition) is 2. The smallest absolute Gasteiger partial charge is 0.136 e. The lowest BCUT2D eigenvalue weighted by atomic mass is 9.98. The van der Waals surface area contributed by atoms with Gasteiger partial charge in [0.05, 0.1) is 0 Å². The molecule has 2 aromatic rings. The van der Waals surface area contributed by atoms with E-state index in [1.54, 1.807) is 6.20 Å². The van der Waals surface area contributed by atoms with Crippen molar-refractivity contribution in [3.8, 4) is 0 Å². The minimum absolute atomic E-state index is 0.293. The molecule has 0 aliphatic rings. The molecule has 0 saturated heterocycles. The van der Waals surface area contributed by atoms with Crippen LogP contribution >= 0.6 is 0 Å². The minimum Gasteiger partial charge on any atom is -0.322 e. The van der Waals surface area contributed by atoms with Gasteiger partial charge in [-0.2, -0.15) is 0 Å². The van der Waals surface area contributed by atoms with Crippen LogP contribution < -0.4 is 5.73 Å². The van der Waals surface area contributed by atoms with Crippen molar-refractivity contribution >= 4 is 5.65 Å². The van der Waals surface area contributed by atoms with Crippen LogP contribution in [0.2, 0.25) is 0 Å². The molecule has 0 saturated carbocycles. The summed E-state index contributed by atoms with van der Waals surface area (Å²) in [6.07, 6.45) is 5.72. The number of fused-ring (bicyclic) bond motifs is 1. The fourth-order valence-electron chi connectivity index (χ4n) is 1.30. The van der Waals surface area contributed by atoms with Gasteiger partial charge in [-0.25, -0.2) is 4.98 Å². The number of hydrogen-bond donors (Lipinski definition) is 1. The second-order valence-corrected chi connectivity index (χ2v) is 3.83. The van der Waals surface area contributed by atoms with E-state index in [2.05, 4.69) is 4.98 Å². The molecule has 0 bridgehead atoms. The van der Waals surface area contributed by atoms with Crippen LogP contribution in [0.5, 0.6) is 0 Å². The van der Waals surface area contributed by atoms with Crippen LogP contribution in [0.15, 0.2) is 30.7 Å². The molecule has 2 aromatic heterocycles. The van der Waals surface area contributed by atoms with E-state index in [0.717, 1.165) is 11.2 Å². The Balaban J connectivity index is 2.61. The molecule has 0 atom stereocenters. The van der Waals surface area contributed by atoms with E-state index in [1.807, 2.05) is 42.8 Å². The van der Waals surface area contributed by atoms with Crippen molar-refractivity contribution in [1.29, 1.82) is 0 Å². The third-order valence-corrected chi connectivity index (χ3v) is 2.13. The number of nitrogens with two attached hydrogens (primary N) is 1. The van der Waals surface area contributed by atoms with Gasteiger partial charge in [0.15, 0.2) is 0 Å².